The molecule has 3 N–H and O–H groups in total. The Kier molecular flexibility index (Phi) is 8.39. The van der Waals surface area contributed by atoms with E-state index in [0.29, 0.717) is 11.1 Å². The van der Waals surface area contributed by atoms with E-state index in [2.05, 4.69) is 10.1 Å². The lowest BCUT2D eigenvalue weighted by Gasteiger charge is -2.22. The van der Waals surface area contributed by atoms with Gasteiger partial charge in [0.15, 0.2) is 5.78 Å². The molecule has 0 aromatic heterocycles. The van der Waals surface area contributed by atoms with E-state index in [1.54, 1.807) is 20.8 Å². The van der Waals surface area contributed by atoms with Crippen molar-refractivity contribution < 1.29 is 34.1 Å². The Labute approximate surface area is 158 Å². The van der Waals surface area contributed by atoms with Gasteiger partial charge in [-0.2, -0.15) is 0 Å². The summed E-state index contributed by atoms with van der Waals surface area (Å²) in [6.07, 6.45) is -3.18. The third kappa shape index (κ3) is 8.19. The van der Waals surface area contributed by atoms with Crippen LogP contribution in [0.5, 0.6) is 0 Å². The van der Waals surface area contributed by atoms with Crippen molar-refractivity contribution in [3.05, 3.63) is 35.4 Å². The number of ketones is 1. The quantitative estimate of drug-likeness (QED) is 0.463. The van der Waals surface area contributed by atoms with Crippen LogP contribution >= 0.6 is 0 Å². The van der Waals surface area contributed by atoms with Crippen LogP contribution in [-0.4, -0.2) is 53.4 Å². The number of hydrogen-bond donors (Lipinski definition) is 3. The number of alkyl carbamates (subject to hydrolysis) is 1. The molecule has 2 unspecified atom stereocenters. The fourth-order valence-electron chi connectivity index (χ4n) is 2.16. The molecule has 0 aliphatic carbocycles. The van der Waals surface area contributed by atoms with Gasteiger partial charge in [-0.05, 0) is 26.3 Å². The van der Waals surface area contributed by atoms with Crippen molar-refractivity contribution in [3.63, 3.8) is 0 Å². The first-order valence-corrected chi connectivity index (χ1v) is 8.56. The van der Waals surface area contributed by atoms with Gasteiger partial charge < -0.3 is 25.0 Å². The average molecular weight is 381 g/mol. The second kappa shape index (κ2) is 10.0. The molecule has 0 spiro atoms. The number of rotatable bonds is 8. The highest BCUT2D eigenvalue weighted by Crippen LogP contribution is 2.18. The number of methoxy groups -OCH3 is 1. The molecule has 1 aromatic rings. The Morgan fingerprint density at radius 3 is 2.19 bits per heavy atom. The molecule has 0 heterocycles. The van der Waals surface area contributed by atoms with Gasteiger partial charge in [0, 0.05) is 18.5 Å². The van der Waals surface area contributed by atoms with Gasteiger partial charge in [0.25, 0.3) is 0 Å². The number of nitrogens with one attached hydrogen (secondary N) is 1. The van der Waals surface area contributed by atoms with Gasteiger partial charge in [-0.3, -0.25) is 9.59 Å². The molecular weight excluding hydrogens is 354 g/mol. The van der Waals surface area contributed by atoms with Crippen LogP contribution in [0.2, 0.25) is 0 Å². The van der Waals surface area contributed by atoms with Crippen molar-refractivity contribution in [2.45, 2.75) is 51.4 Å². The largest absolute Gasteiger partial charge is 0.469 e. The maximum absolute atomic E-state index is 12.0. The van der Waals surface area contributed by atoms with Gasteiger partial charge in [0.1, 0.15) is 17.8 Å². The van der Waals surface area contributed by atoms with Crippen LogP contribution in [0, 0.1) is 0 Å². The van der Waals surface area contributed by atoms with Crippen molar-refractivity contribution in [1.82, 2.24) is 5.32 Å². The molecule has 2 atom stereocenters. The lowest BCUT2D eigenvalue weighted by molar-refractivity contribution is -0.140. The second-order valence-corrected chi connectivity index (χ2v) is 7.02. The maximum Gasteiger partial charge on any atom is 0.407 e. The number of carbonyl (C=O) groups excluding carboxylic acids is 3. The zero-order chi connectivity index (χ0) is 20.6. The van der Waals surface area contributed by atoms with Crippen molar-refractivity contribution in [1.29, 1.82) is 0 Å². The first-order valence-electron chi connectivity index (χ1n) is 8.56. The smallest absolute Gasteiger partial charge is 0.407 e. The van der Waals surface area contributed by atoms with Gasteiger partial charge in [-0.1, -0.05) is 24.3 Å². The number of Topliss-reactive ketones (excluding diaryl/α,β-unsaturated/α-hetero) is 1. The van der Waals surface area contributed by atoms with Crippen LogP contribution in [0.15, 0.2) is 24.3 Å². The van der Waals surface area contributed by atoms with Crippen LogP contribution in [0.3, 0.4) is 0 Å². The third-order valence-corrected chi connectivity index (χ3v) is 3.58. The summed E-state index contributed by atoms with van der Waals surface area (Å²) in [5.74, 6) is -0.690. The molecule has 1 aromatic carbocycles. The molecule has 1 rings (SSSR count). The number of carbonyl (C=O) groups is 3. The highest BCUT2D eigenvalue weighted by Gasteiger charge is 2.22. The fraction of sp³-hybridized carbons (Fsp3) is 0.526. The molecular formula is C19H27NO7. The normalized spacial score (nSPS) is 13.4. The average Bonchev–Trinajstić information content (AvgIpc) is 2.61. The number of aliphatic hydroxyl groups is 2. The predicted molar refractivity (Wildman–Crippen MR) is 97.2 cm³/mol. The molecule has 0 bridgehead atoms. The Bertz CT molecular complexity index is 649. The Morgan fingerprint density at radius 2 is 1.67 bits per heavy atom. The minimum Gasteiger partial charge on any atom is -0.469 e. The predicted octanol–water partition coefficient (Wildman–Crippen LogP) is 1.74. The Hall–Kier alpha value is -2.45. The molecule has 0 aliphatic rings. The van der Waals surface area contributed by atoms with Gasteiger partial charge in [-0.25, -0.2) is 4.79 Å². The van der Waals surface area contributed by atoms with Crippen molar-refractivity contribution in [2.24, 2.45) is 0 Å². The van der Waals surface area contributed by atoms with Crippen LogP contribution < -0.4 is 5.32 Å². The Morgan fingerprint density at radius 1 is 1.07 bits per heavy atom. The molecule has 0 saturated carbocycles. The lowest BCUT2D eigenvalue weighted by atomic mass is 10.00. The number of hydrogen-bond acceptors (Lipinski definition) is 7. The lowest BCUT2D eigenvalue weighted by Crippen LogP contribution is -2.38. The van der Waals surface area contributed by atoms with E-state index in [0.717, 1.165) is 0 Å². The van der Waals surface area contributed by atoms with E-state index in [4.69, 9.17) is 4.74 Å². The van der Waals surface area contributed by atoms with Crippen molar-refractivity contribution in [2.75, 3.05) is 13.7 Å². The summed E-state index contributed by atoms with van der Waals surface area (Å²) in [5, 5.41) is 22.6. The minimum atomic E-state index is -1.25. The first-order chi connectivity index (χ1) is 12.5. The van der Waals surface area contributed by atoms with Crippen LogP contribution in [0.4, 0.5) is 4.79 Å². The van der Waals surface area contributed by atoms with Gasteiger partial charge >= 0.3 is 12.1 Å². The highest BCUT2D eigenvalue weighted by molar-refractivity contribution is 5.97. The summed E-state index contributed by atoms with van der Waals surface area (Å²) in [6, 6.07) is 6.03. The summed E-state index contributed by atoms with van der Waals surface area (Å²) >= 11 is 0. The topological polar surface area (TPSA) is 122 Å². The summed E-state index contributed by atoms with van der Waals surface area (Å²) in [5.41, 5.74) is 0.110. The minimum absolute atomic E-state index is 0.00520. The highest BCUT2D eigenvalue weighted by atomic mass is 16.6. The summed E-state index contributed by atoms with van der Waals surface area (Å²) in [4.78, 5) is 34.6. The number of benzene rings is 1. The fourth-order valence-corrected chi connectivity index (χ4v) is 2.16. The molecule has 1 amide bonds. The number of aliphatic hydroxyl groups excluding tert-OH is 2. The third-order valence-electron chi connectivity index (χ3n) is 3.58. The first kappa shape index (κ1) is 22.6. The zero-order valence-electron chi connectivity index (χ0n) is 16.0. The standard InChI is InChI=1S/C19H27NO7/c1-19(2,3)27-18(25)20-11-15(22)17(24)13-7-5-12(6-8-13)14(21)9-10-16(23)26-4/h5-8,15,17,22,24H,9-11H2,1-4H3,(H,20,25). The van der Waals surface area contributed by atoms with E-state index in [-0.39, 0.29) is 25.2 Å². The van der Waals surface area contributed by atoms with Crippen LogP contribution in [0.1, 0.15) is 55.6 Å². The monoisotopic (exact) mass is 381 g/mol. The molecule has 8 heteroatoms. The molecule has 0 fully saturated rings. The van der Waals surface area contributed by atoms with Gasteiger partial charge in [-0.15, -0.1) is 0 Å². The molecule has 0 radical (unpaired) electrons. The van der Waals surface area contributed by atoms with Crippen molar-refractivity contribution >= 4 is 17.8 Å². The summed E-state index contributed by atoms with van der Waals surface area (Å²) in [7, 11) is 1.26. The SMILES string of the molecule is COC(=O)CCC(=O)c1ccc(C(O)C(O)CNC(=O)OC(C)(C)C)cc1. The molecule has 8 nitrogen and oxygen atoms in total. The molecule has 0 saturated heterocycles. The Balaban J connectivity index is 2.57. The maximum atomic E-state index is 12.0. The van der Waals surface area contributed by atoms with Crippen LogP contribution in [-0.2, 0) is 14.3 Å². The van der Waals surface area contributed by atoms with E-state index >= 15 is 0 Å². The van der Waals surface area contributed by atoms with E-state index < -0.39 is 29.9 Å². The van der Waals surface area contributed by atoms with E-state index in [1.807, 2.05) is 0 Å². The molecule has 150 valence electrons. The van der Waals surface area contributed by atoms with Gasteiger partial charge in [0.05, 0.1) is 13.5 Å². The van der Waals surface area contributed by atoms with Crippen molar-refractivity contribution in [3.8, 4) is 0 Å². The number of amides is 1. The van der Waals surface area contributed by atoms with Crippen LogP contribution in [0.25, 0.3) is 0 Å². The second-order valence-electron chi connectivity index (χ2n) is 7.02. The number of esters is 1. The van der Waals surface area contributed by atoms with E-state index in [1.165, 1.54) is 31.4 Å². The summed E-state index contributed by atoms with van der Waals surface area (Å²) < 4.78 is 9.54. The molecule has 27 heavy (non-hydrogen) atoms. The summed E-state index contributed by atoms with van der Waals surface area (Å²) in [6.45, 7) is 4.94. The number of ether oxygens (including phenoxy) is 2. The van der Waals surface area contributed by atoms with Gasteiger partial charge in [0.2, 0.25) is 0 Å². The molecule has 0 aliphatic heterocycles. The zero-order valence-corrected chi connectivity index (χ0v) is 16.0. The van der Waals surface area contributed by atoms with E-state index in [9.17, 15) is 24.6 Å².